The second-order valence-corrected chi connectivity index (χ2v) is 9.34. The molecule has 0 N–H and O–H groups in total. The lowest BCUT2D eigenvalue weighted by Crippen LogP contribution is -2.31. The molecule has 2 aromatic carbocycles. The van der Waals surface area contributed by atoms with Gasteiger partial charge in [0.25, 0.3) is 0 Å². The topological polar surface area (TPSA) is 84.0 Å². The van der Waals surface area contributed by atoms with E-state index in [2.05, 4.69) is 0 Å². The second kappa shape index (κ2) is 8.56. The zero-order valence-corrected chi connectivity index (χ0v) is 19.2. The van der Waals surface area contributed by atoms with Crippen molar-refractivity contribution < 1.29 is 23.9 Å². The standard InChI is InChI=1S/C27H26N2O5/c1-16-10-17(2)12-20(11-16)28-15-18(13-24(28)30)27(33)34-21-7-5-6-19(14-21)29-25(31)22-8-3-4-9-23(22)26(29)32/h3-7,10-12,14,18,22-23H,8-9,13,15H2,1-2H3/t18-,22-,23-/m0/s1. The van der Waals surface area contributed by atoms with E-state index in [1.165, 1.54) is 11.0 Å². The van der Waals surface area contributed by atoms with Gasteiger partial charge in [-0.25, -0.2) is 4.90 Å². The fourth-order valence-electron chi connectivity index (χ4n) is 5.16. The van der Waals surface area contributed by atoms with Crippen LogP contribution in [0.2, 0.25) is 0 Å². The van der Waals surface area contributed by atoms with Crippen LogP contribution < -0.4 is 14.5 Å². The summed E-state index contributed by atoms with van der Waals surface area (Å²) in [6.45, 7) is 4.19. The largest absolute Gasteiger partial charge is 0.426 e. The number of anilines is 2. The maximum atomic E-state index is 12.9. The third-order valence-electron chi connectivity index (χ3n) is 6.78. The Morgan fingerprint density at radius 3 is 2.18 bits per heavy atom. The van der Waals surface area contributed by atoms with Gasteiger partial charge in [0.05, 0.1) is 23.4 Å². The van der Waals surface area contributed by atoms with Crippen molar-refractivity contribution in [1.82, 2.24) is 0 Å². The lowest BCUT2D eigenvalue weighted by atomic mass is 9.85. The second-order valence-electron chi connectivity index (χ2n) is 9.34. The molecule has 5 rings (SSSR count). The molecule has 0 aromatic heterocycles. The summed E-state index contributed by atoms with van der Waals surface area (Å²) in [5, 5.41) is 0. The van der Waals surface area contributed by atoms with E-state index in [-0.39, 0.29) is 48.3 Å². The minimum Gasteiger partial charge on any atom is -0.426 e. The number of rotatable bonds is 4. The maximum absolute atomic E-state index is 12.9. The van der Waals surface area contributed by atoms with Crippen LogP contribution in [0.3, 0.4) is 0 Å². The van der Waals surface area contributed by atoms with Gasteiger partial charge in [0.2, 0.25) is 17.7 Å². The number of hydrogen-bond donors (Lipinski definition) is 0. The van der Waals surface area contributed by atoms with Gasteiger partial charge in [-0.3, -0.25) is 19.2 Å². The summed E-state index contributed by atoms with van der Waals surface area (Å²) in [4.78, 5) is 54.1. The first-order valence-corrected chi connectivity index (χ1v) is 11.5. The van der Waals surface area contributed by atoms with Crippen molar-refractivity contribution in [2.75, 3.05) is 16.3 Å². The van der Waals surface area contributed by atoms with E-state index in [1.807, 2.05) is 44.2 Å². The number of carbonyl (C=O) groups excluding carboxylic acids is 4. The van der Waals surface area contributed by atoms with Crippen molar-refractivity contribution in [2.24, 2.45) is 17.8 Å². The maximum Gasteiger partial charge on any atom is 0.316 e. The average Bonchev–Trinajstić information content (AvgIpc) is 3.31. The first-order chi connectivity index (χ1) is 16.3. The van der Waals surface area contributed by atoms with Gasteiger partial charge in [-0.1, -0.05) is 24.3 Å². The fourth-order valence-corrected chi connectivity index (χ4v) is 5.16. The smallest absolute Gasteiger partial charge is 0.316 e. The number of carbonyl (C=O) groups is 4. The van der Waals surface area contributed by atoms with E-state index in [4.69, 9.17) is 4.74 Å². The first-order valence-electron chi connectivity index (χ1n) is 11.5. The van der Waals surface area contributed by atoms with Crippen molar-refractivity contribution in [1.29, 1.82) is 0 Å². The van der Waals surface area contributed by atoms with Gasteiger partial charge in [0, 0.05) is 24.7 Å². The van der Waals surface area contributed by atoms with E-state index in [0.717, 1.165) is 16.8 Å². The quantitative estimate of drug-likeness (QED) is 0.302. The van der Waals surface area contributed by atoms with E-state index in [9.17, 15) is 19.2 Å². The monoisotopic (exact) mass is 458 g/mol. The Morgan fingerprint density at radius 1 is 0.882 bits per heavy atom. The number of ether oxygens (including phenoxy) is 1. The highest BCUT2D eigenvalue weighted by Crippen LogP contribution is 2.38. The summed E-state index contributed by atoms with van der Waals surface area (Å²) in [5.41, 5.74) is 3.27. The van der Waals surface area contributed by atoms with Gasteiger partial charge in [0.1, 0.15) is 5.75 Å². The molecule has 7 heteroatoms. The summed E-state index contributed by atoms with van der Waals surface area (Å²) in [6, 6.07) is 12.4. The van der Waals surface area contributed by atoms with Gasteiger partial charge in [-0.05, 0) is 62.1 Å². The summed E-state index contributed by atoms with van der Waals surface area (Å²) in [6.07, 6.45) is 5.09. The summed E-state index contributed by atoms with van der Waals surface area (Å²) in [5.74, 6) is -2.07. The van der Waals surface area contributed by atoms with E-state index < -0.39 is 11.9 Å². The van der Waals surface area contributed by atoms with E-state index >= 15 is 0 Å². The molecule has 0 bridgehead atoms. The molecule has 1 aliphatic carbocycles. The van der Waals surface area contributed by atoms with Gasteiger partial charge in [0.15, 0.2) is 0 Å². The van der Waals surface area contributed by atoms with Crippen LogP contribution in [0.25, 0.3) is 0 Å². The van der Waals surface area contributed by atoms with Gasteiger partial charge < -0.3 is 9.64 Å². The van der Waals surface area contributed by atoms with Gasteiger partial charge >= 0.3 is 5.97 Å². The molecule has 0 spiro atoms. The Balaban J connectivity index is 1.30. The van der Waals surface area contributed by atoms with Gasteiger partial charge in [-0.15, -0.1) is 0 Å². The molecule has 3 atom stereocenters. The summed E-state index contributed by atoms with van der Waals surface area (Å²) < 4.78 is 5.59. The number of allylic oxidation sites excluding steroid dienone is 2. The number of nitrogens with zero attached hydrogens (tertiary/aromatic N) is 2. The minimum atomic E-state index is -0.596. The molecule has 34 heavy (non-hydrogen) atoms. The minimum absolute atomic E-state index is 0.0744. The number of fused-ring (bicyclic) bond motifs is 1. The molecule has 2 aliphatic heterocycles. The predicted octanol–water partition coefficient (Wildman–Crippen LogP) is 3.72. The van der Waals surface area contributed by atoms with Crippen molar-refractivity contribution >= 4 is 35.1 Å². The summed E-state index contributed by atoms with van der Waals surface area (Å²) in [7, 11) is 0. The van der Waals surface area contributed by atoms with Crippen LogP contribution in [0.15, 0.2) is 54.6 Å². The number of esters is 1. The van der Waals surface area contributed by atoms with Crippen molar-refractivity contribution in [2.45, 2.75) is 33.1 Å². The zero-order valence-electron chi connectivity index (χ0n) is 19.2. The number of benzene rings is 2. The highest BCUT2D eigenvalue weighted by molar-refractivity contribution is 6.22. The Labute approximate surface area is 198 Å². The lowest BCUT2D eigenvalue weighted by molar-refractivity contribution is -0.139. The highest BCUT2D eigenvalue weighted by Gasteiger charge is 2.48. The van der Waals surface area contributed by atoms with Crippen LogP contribution in [0, 0.1) is 31.6 Å². The number of amides is 3. The number of imide groups is 1. The molecule has 3 amide bonds. The molecule has 3 aliphatic rings. The van der Waals surface area contributed by atoms with E-state index in [0.29, 0.717) is 18.5 Å². The normalized spacial score (nSPS) is 24.1. The van der Waals surface area contributed by atoms with Crippen molar-refractivity contribution in [3.63, 3.8) is 0 Å². The highest BCUT2D eigenvalue weighted by atomic mass is 16.5. The molecule has 0 radical (unpaired) electrons. The predicted molar refractivity (Wildman–Crippen MR) is 126 cm³/mol. The van der Waals surface area contributed by atoms with Crippen LogP contribution in [0.5, 0.6) is 5.75 Å². The molecule has 0 unspecified atom stereocenters. The molecule has 2 fully saturated rings. The third-order valence-corrected chi connectivity index (χ3v) is 6.78. The van der Waals surface area contributed by atoms with E-state index in [1.54, 1.807) is 23.1 Å². The molecule has 2 aromatic rings. The Morgan fingerprint density at radius 2 is 1.53 bits per heavy atom. The molecule has 174 valence electrons. The SMILES string of the molecule is Cc1cc(C)cc(N2C[C@@H](C(=O)Oc3cccc(N4C(=O)[C@H]5CC=CC[C@@H]5C4=O)c3)CC2=O)c1. The zero-order chi connectivity index (χ0) is 24.0. The lowest BCUT2D eigenvalue weighted by Gasteiger charge is -2.18. The Hall–Kier alpha value is -3.74. The van der Waals surface area contributed by atoms with Gasteiger partial charge in [-0.2, -0.15) is 0 Å². The van der Waals surface area contributed by atoms with Crippen molar-refractivity contribution in [3.05, 3.63) is 65.7 Å². The molecule has 0 saturated carbocycles. The van der Waals surface area contributed by atoms with Crippen LogP contribution in [0.4, 0.5) is 11.4 Å². The molecule has 7 nitrogen and oxygen atoms in total. The number of aryl methyl sites for hydroxylation is 2. The van der Waals surface area contributed by atoms with Crippen LogP contribution in [-0.2, 0) is 19.2 Å². The first kappa shape index (κ1) is 22.1. The van der Waals surface area contributed by atoms with Crippen LogP contribution in [0.1, 0.15) is 30.4 Å². The molecular weight excluding hydrogens is 432 g/mol. The number of hydrogen-bond acceptors (Lipinski definition) is 5. The average molecular weight is 459 g/mol. The van der Waals surface area contributed by atoms with Crippen LogP contribution in [-0.4, -0.2) is 30.2 Å². The van der Waals surface area contributed by atoms with Crippen molar-refractivity contribution in [3.8, 4) is 5.75 Å². The third kappa shape index (κ3) is 3.91. The Kier molecular flexibility index (Phi) is 5.55. The van der Waals surface area contributed by atoms with Crippen LogP contribution >= 0.6 is 0 Å². The molecular formula is C27H26N2O5. The molecule has 2 saturated heterocycles. The Bertz CT molecular complexity index is 1190. The fraction of sp³-hybridized carbons (Fsp3) is 0.333. The molecule has 2 heterocycles. The summed E-state index contributed by atoms with van der Waals surface area (Å²) >= 11 is 0.